The van der Waals surface area contributed by atoms with Crippen molar-refractivity contribution < 1.29 is 19.5 Å². The highest BCUT2D eigenvalue weighted by Crippen LogP contribution is 2.54. The number of fused-ring (bicyclic) bond motifs is 4. The molecule has 3 heterocycles. The second-order valence-corrected chi connectivity index (χ2v) is 7.93. The molecule has 1 aromatic rings. The van der Waals surface area contributed by atoms with Crippen LogP contribution < -0.4 is 10.6 Å². The van der Waals surface area contributed by atoms with Gasteiger partial charge >= 0.3 is 0 Å². The van der Waals surface area contributed by atoms with Crippen molar-refractivity contribution in [2.75, 3.05) is 11.9 Å². The van der Waals surface area contributed by atoms with Crippen LogP contribution in [0.25, 0.3) is 0 Å². The van der Waals surface area contributed by atoms with Gasteiger partial charge in [0.2, 0.25) is 17.7 Å². The molecule has 3 N–H and O–H groups in total. The average molecular weight is 392 g/mol. The third-order valence-corrected chi connectivity index (χ3v) is 6.30. The van der Waals surface area contributed by atoms with Gasteiger partial charge in [-0.2, -0.15) is 0 Å². The SMILES string of the molecule is CCCCN1C(=O)[C@H]2[C@@H]([C@@H](C)O)N[C@@]3(C(=O)Nc4c(Cl)cccc43)[C@@H]2C1=O. The Balaban J connectivity index is 1.87. The Kier molecular flexibility index (Phi) is 4.29. The third kappa shape index (κ3) is 2.31. The maximum Gasteiger partial charge on any atom is 0.250 e. The number of anilines is 1. The van der Waals surface area contributed by atoms with Crippen LogP contribution in [0.4, 0.5) is 5.69 Å². The number of halogens is 1. The number of amides is 3. The van der Waals surface area contributed by atoms with Gasteiger partial charge in [-0.1, -0.05) is 37.1 Å². The molecule has 7 nitrogen and oxygen atoms in total. The van der Waals surface area contributed by atoms with Gasteiger partial charge in [-0.05, 0) is 19.4 Å². The molecular weight excluding hydrogens is 370 g/mol. The summed E-state index contributed by atoms with van der Waals surface area (Å²) in [5, 5.41) is 16.6. The fraction of sp³-hybridized carbons (Fsp3) is 0.526. The molecule has 0 unspecified atom stereocenters. The van der Waals surface area contributed by atoms with Gasteiger partial charge in [0.05, 0.1) is 28.6 Å². The molecule has 0 aliphatic carbocycles. The van der Waals surface area contributed by atoms with E-state index in [-0.39, 0.29) is 11.8 Å². The van der Waals surface area contributed by atoms with E-state index in [0.29, 0.717) is 29.2 Å². The molecule has 8 heteroatoms. The number of hydrogen-bond acceptors (Lipinski definition) is 5. The van der Waals surface area contributed by atoms with Crippen molar-refractivity contribution in [1.29, 1.82) is 0 Å². The van der Waals surface area contributed by atoms with Gasteiger partial charge in [0.25, 0.3) is 0 Å². The van der Waals surface area contributed by atoms with Gasteiger partial charge in [0.1, 0.15) is 5.54 Å². The van der Waals surface area contributed by atoms with Gasteiger partial charge in [-0.3, -0.25) is 24.6 Å². The molecule has 1 aromatic carbocycles. The minimum atomic E-state index is -1.40. The number of rotatable bonds is 4. The summed E-state index contributed by atoms with van der Waals surface area (Å²) < 4.78 is 0. The van der Waals surface area contributed by atoms with Crippen molar-refractivity contribution in [2.45, 2.75) is 44.4 Å². The number of nitrogens with zero attached hydrogens (tertiary/aromatic N) is 1. The number of unbranched alkanes of at least 4 members (excludes halogenated alkanes) is 1. The first-order chi connectivity index (χ1) is 12.8. The van der Waals surface area contributed by atoms with Crippen molar-refractivity contribution in [1.82, 2.24) is 10.2 Å². The molecule has 2 saturated heterocycles. The van der Waals surface area contributed by atoms with Crippen LogP contribution in [0.1, 0.15) is 32.3 Å². The minimum absolute atomic E-state index is 0.322. The van der Waals surface area contributed by atoms with Crippen molar-refractivity contribution in [3.63, 3.8) is 0 Å². The predicted molar refractivity (Wildman–Crippen MR) is 99.0 cm³/mol. The lowest BCUT2D eigenvalue weighted by Gasteiger charge is -2.30. The number of carbonyl (C=O) groups is 3. The zero-order valence-corrected chi connectivity index (χ0v) is 15.9. The summed E-state index contributed by atoms with van der Waals surface area (Å²) in [5.74, 6) is -2.79. The van der Waals surface area contributed by atoms with E-state index in [9.17, 15) is 19.5 Å². The van der Waals surface area contributed by atoms with E-state index < -0.39 is 35.4 Å². The molecule has 2 fully saturated rings. The molecule has 3 aliphatic rings. The number of likely N-dealkylation sites (tertiary alicyclic amines) is 1. The molecule has 27 heavy (non-hydrogen) atoms. The third-order valence-electron chi connectivity index (χ3n) is 5.98. The van der Waals surface area contributed by atoms with E-state index in [0.717, 1.165) is 6.42 Å². The Bertz CT molecular complexity index is 842. The van der Waals surface area contributed by atoms with Gasteiger partial charge in [0, 0.05) is 18.2 Å². The fourth-order valence-corrected chi connectivity index (χ4v) is 4.96. The Morgan fingerprint density at radius 1 is 1.30 bits per heavy atom. The van der Waals surface area contributed by atoms with E-state index in [2.05, 4.69) is 10.6 Å². The second-order valence-electron chi connectivity index (χ2n) is 7.52. The minimum Gasteiger partial charge on any atom is -0.392 e. The summed E-state index contributed by atoms with van der Waals surface area (Å²) in [4.78, 5) is 40.6. The Morgan fingerprint density at radius 3 is 2.70 bits per heavy atom. The topological polar surface area (TPSA) is 98.7 Å². The standard InChI is InChI=1S/C19H22ClN3O4/c1-3-4-8-23-16(25)12-13(17(23)26)19(22-14(12)9(2)24)10-6-5-7-11(20)15(10)21-18(19)27/h5-7,9,12-14,22,24H,3-4,8H2,1-2H3,(H,21,27)/t9-,12-,13+,14-,19-/m1/s1. The highest BCUT2D eigenvalue weighted by atomic mass is 35.5. The maximum absolute atomic E-state index is 13.2. The van der Waals surface area contributed by atoms with Crippen LogP contribution in [0.15, 0.2) is 18.2 Å². The van der Waals surface area contributed by atoms with Crippen LogP contribution in [-0.2, 0) is 19.9 Å². The van der Waals surface area contributed by atoms with Crippen LogP contribution in [0.3, 0.4) is 0 Å². The highest BCUT2D eigenvalue weighted by molar-refractivity contribution is 6.35. The molecular formula is C19H22ClN3O4. The molecule has 0 radical (unpaired) electrons. The number of benzene rings is 1. The Hall–Kier alpha value is -1.96. The highest BCUT2D eigenvalue weighted by Gasteiger charge is 2.71. The van der Waals surface area contributed by atoms with Crippen molar-refractivity contribution in [3.05, 3.63) is 28.8 Å². The van der Waals surface area contributed by atoms with Gasteiger partial charge in [-0.15, -0.1) is 0 Å². The lowest BCUT2D eigenvalue weighted by Crippen LogP contribution is -2.54. The lowest BCUT2D eigenvalue weighted by molar-refractivity contribution is -0.143. The summed E-state index contributed by atoms with van der Waals surface area (Å²) in [6.45, 7) is 3.87. The predicted octanol–water partition coefficient (Wildman–Crippen LogP) is 1.24. The fourth-order valence-electron chi connectivity index (χ4n) is 4.73. The van der Waals surface area contributed by atoms with E-state index in [4.69, 9.17) is 11.6 Å². The maximum atomic E-state index is 13.2. The summed E-state index contributed by atoms with van der Waals surface area (Å²) in [6, 6.07) is 4.41. The Labute approximate surface area is 162 Å². The van der Waals surface area contributed by atoms with Crippen molar-refractivity contribution in [2.24, 2.45) is 11.8 Å². The zero-order valence-electron chi connectivity index (χ0n) is 15.2. The van der Waals surface area contributed by atoms with E-state index in [1.165, 1.54) is 4.90 Å². The average Bonchev–Trinajstić information content (AvgIpc) is 3.21. The first kappa shape index (κ1) is 18.4. The molecule has 0 aromatic heterocycles. The molecule has 1 spiro atoms. The number of imide groups is 1. The molecule has 3 aliphatic heterocycles. The lowest BCUT2D eigenvalue weighted by atomic mass is 9.76. The van der Waals surface area contributed by atoms with Gasteiger partial charge < -0.3 is 10.4 Å². The van der Waals surface area contributed by atoms with Crippen LogP contribution in [0.2, 0.25) is 5.02 Å². The number of aliphatic hydroxyl groups is 1. The van der Waals surface area contributed by atoms with E-state index in [1.807, 2.05) is 6.92 Å². The van der Waals surface area contributed by atoms with Crippen LogP contribution in [0, 0.1) is 11.8 Å². The number of aliphatic hydroxyl groups excluding tert-OH is 1. The summed E-state index contributed by atoms with van der Waals surface area (Å²) in [6.07, 6.45) is 0.635. The van der Waals surface area contributed by atoms with Gasteiger partial charge in [0.15, 0.2) is 0 Å². The molecule has 3 amide bonds. The number of nitrogens with one attached hydrogen (secondary N) is 2. The molecule has 144 valence electrons. The van der Waals surface area contributed by atoms with Crippen LogP contribution in [-0.4, -0.2) is 46.4 Å². The second kappa shape index (κ2) is 6.29. The molecule has 0 saturated carbocycles. The number of carbonyl (C=O) groups excluding carboxylic acids is 3. The number of para-hydroxylation sites is 1. The quantitative estimate of drug-likeness (QED) is 0.671. The van der Waals surface area contributed by atoms with Crippen LogP contribution >= 0.6 is 11.6 Å². The normalized spacial score (nSPS) is 32.8. The summed E-state index contributed by atoms with van der Waals surface area (Å²) in [7, 11) is 0. The van der Waals surface area contributed by atoms with Crippen LogP contribution in [0.5, 0.6) is 0 Å². The molecule has 5 atom stereocenters. The smallest absolute Gasteiger partial charge is 0.250 e. The summed E-state index contributed by atoms with van der Waals surface area (Å²) >= 11 is 6.25. The first-order valence-corrected chi connectivity index (χ1v) is 9.63. The zero-order chi connectivity index (χ0) is 19.5. The van der Waals surface area contributed by atoms with Crippen molar-refractivity contribution >= 4 is 35.0 Å². The van der Waals surface area contributed by atoms with Crippen molar-refractivity contribution in [3.8, 4) is 0 Å². The molecule has 0 bridgehead atoms. The van der Waals surface area contributed by atoms with E-state index in [1.54, 1.807) is 25.1 Å². The summed E-state index contributed by atoms with van der Waals surface area (Å²) in [5.41, 5.74) is -0.397. The largest absolute Gasteiger partial charge is 0.392 e. The number of hydrogen-bond donors (Lipinski definition) is 3. The monoisotopic (exact) mass is 391 g/mol. The Morgan fingerprint density at radius 2 is 2.04 bits per heavy atom. The van der Waals surface area contributed by atoms with Gasteiger partial charge in [-0.25, -0.2) is 0 Å². The van der Waals surface area contributed by atoms with E-state index >= 15 is 0 Å². The molecule has 4 rings (SSSR count). The first-order valence-electron chi connectivity index (χ1n) is 9.26.